The maximum absolute atomic E-state index is 12.4. The van der Waals surface area contributed by atoms with Gasteiger partial charge >= 0.3 is 0 Å². The Bertz CT molecular complexity index is 693. The smallest absolute Gasteiger partial charge is 0.222 e. The van der Waals surface area contributed by atoms with Crippen LogP contribution in [0.4, 0.5) is 0 Å². The van der Waals surface area contributed by atoms with Crippen LogP contribution < -0.4 is 11.1 Å². The van der Waals surface area contributed by atoms with Crippen LogP contribution in [0, 0.1) is 0 Å². The second-order valence-corrected chi connectivity index (χ2v) is 7.23. The van der Waals surface area contributed by atoms with E-state index in [1.807, 2.05) is 48.5 Å². The topological polar surface area (TPSA) is 55.1 Å². The Morgan fingerprint density at radius 2 is 2.09 bits per heavy atom. The van der Waals surface area contributed by atoms with Crippen molar-refractivity contribution in [2.75, 3.05) is 5.75 Å². The van der Waals surface area contributed by atoms with Crippen LogP contribution in [-0.4, -0.2) is 11.7 Å². The fourth-order valence-corrected chi connectivity index (χ4v) is 4.07. The molecule has 2 atom stereocenters. The average Bonchev–Trinajstić information content (AvgIpc) is 2.56. The Labute approximate surface area is 145 Å². The molecule has 3 N–H and O–H groups in total. The molecule has 0 spiro atoms. The van der Waals surface area contributed by atoms with Gasteiger partial charge in [-0.15, -0.1) is 11.8 Å². The molecule has 23 heavy (non-hydrogen) atoms. The van der Waals surface area contributed by atoms with Gasteiger partial charge in [0.1, 0.15) is 0 Å². The normalized spacial score (nSPS) is 18.1. The lowest BCUT2D eigenvalue weighted by atomic mass is 10.0. The molecule has 1 amide bonds. The summed E-state index contributed by atoms with van der Waals surface area (Å²) in [5.41, 5.74) is 8.22. The summed E-state index contributed by atoms with van der Waals surface area (Å²) in [5.74, 6) is 0.966. The zero-order valence-electron chi connectivity index (χ0n) is 12.7. The number of carbonyl (C=O) groups is 1. The SMILES string of the molecule is NC(CC(=O)NC1CCSc2ccc(Cl)cc21)c1ccccc1. The van der Waals surface area contributed by atoms with E-state index in [9.17, 15) is 4.79 Å². The summed E-state index contributed by atoms with van der Waals surface area (Å²) in [6.07, 6.45) is 1.19. The number of carbonyl (C=O) groups excluding carboxylic acids is 1. The quantitative estimate of drug-likeness (QED) is 0.876. The molecule has 0 saturated heterocycles. The van der Waals surface area contributed by atoms with Gasteiger partial charge in [-0.2, -0.15) is 0 Å². The molecular formula is C18H19ClN2OS. The zero-order valence-corrected chi connectivity index (χ0v) is 14.2. The van der Waals surface area contributed by atoms with Gasteiger partial charge in [0, 0.05) is 28.1 Å². The van der Waals surface area contributed by atoms with Crippen molar-refractivity contribution in [2.24, 2.45) is 5.73 Å². The average molecular weight is 347 g/mol. The molecule has 0 saturated carbocycles. The summed E-state index contributed by atoms with van der Waals surface area (Å²) in [6, 6.07) is 15.3. The molecule has 2 aromatic rings. The molecular weight excluding hydrogens is 328 g/mol. The van der Waals surface area contributed by atoms with E-state index in [1.165, 1.54) is 4.90 Å². The number of hydrogen-bond donors (Lipinski definition) is 2. The number of hydrogen-bond acceptors (Lipinski definition) is 3. The number of benzene rings is 2. The Balaban J connectivity index is 1.66. The number of amides is 1. The van der Waals surface area contributed by atoms with E-state index in [0.29, 0.717) is 5.02 Å². The Morgan fingerprint density at radius 1 is 1.30 bits per heavy atom. The summed E-state index contributed by atoms with van der Waals surface area (Å²) in [5, 5.41) is 3.81. The minimum atomic E-state index is -0.284. The van der Waals surface area contributed by atoms with Gasteiger partial charge in [0.15, 0.2) is 0 Å². The molecule has 0 aliphatic carbocycles. The van der Waals surface area contributed by atoms with Gasteiger partial charge in [0.2, 0.25) is 5.91 Å². The van der Waals surface area contributed by atoms with E-state index in [4.69, 9.17) is 17.3 Å². The number of halogens is 1. The van der Waals surface area contributed by atoms with Crippen LogP contribution in [0.25, 0.3) is 0 Å². The number of nitrogens with one attached hydrogen (secondary N) is 1. The number of nitrogens with two attached hydrogens (primary N) is 1. The third kappa shape index (κ3) is 4.08. The van der Waals surface area contributed by atoms with Crippen molar-refractivity contribution in [1.82, 2.24) is 5.32 Å². The van der Waals surface area contributed by atoms with E-state index < -0.39 is 0 Å². The van der Waals surface area contributed by atoms with E-state index in [1.54, 1.807) is 11.8 Å². The van der Waals surface area contributed by atoms with Gasteiger partial charge in [-0.25, -0.2) is 0 Å². The molecule has 1 heterocycles. The third-order valence-corrected chi connectivity index (χ3v) is 5.34. The molecule has 1 aliphatic rings. The largest absolute Gasteiger partial charge is 0.349 e. The maximum atomic E-state index is 12.4. The van der Waals surface area contributed by atoms with Crippen LogP contribution in [0.3, 0.4) is 0 Å². The van der Waals surface area contributed by atoms with Crippen LogP contribution in [0.15, 0.2) is 53.4 Å². The molecule has 0 bridgehead atoms. The molecule has 2 aromatic carbocycles. The minimum absolute atomic E-state index is 0.0143. The Hall–Kier alpha value is -1.49. The highest BCUT2D eigenvalue weighted by molar-refractivity contribution is 7.99. The van der Waals surface area contributed by atoms with Crippen molar-refractivity contribution in [2.45, 2.75) is 29.8 Å². The molecule has 3 rings (SSSR count). The molecule has 0 radical (unpaired) electrons. The second kappa shape index (κ2) is 7.39. The van der Waals surface area contributed by atoms with Crippen molar-refractivity contribution >= 4 is 29.3 Å². The van der Waals surface area contributed by atoms with Crippen molar-refractivity contribution in [3.63, 3.8) is 0 Å². The lowest BCUT2D eigenvalue weighted by Gasteiger charge is -2.26. The first-order chi connectivity index (χ1) is 11.1. The van der Waals surface area contributed by atoms with Gasteiger partial charge in [0.25, 0.3) is 0 Å². The number of rotatable bonds is 4. The fourth-order valence-electron chi connectivity index (χ4n) is 2.79. The minimum Gasteiger partial charge on any atom is -0.349 e. The van der Waals surface area contributed by atoms with Crippen LogP contribution >= 0.6 is 23.4 Å². The number of thioether (sulfide) groups is 1. The number of fused-ring (bicyclic) bond motifs is 1. The molecule has 0 aromatic heterocycles. The van der Waals surface area contributed by atoms with Crippen molar-refractivity contribution in [1.29, 1.82) is 0 Å². The van der Waals surface area contributed by atoms with Gasteiger partial charge < -0.3 is 11.1 Å². The maximum Gasteiger partial charge on any atom is 0.222 e. The molecule has 0 fully saturated rings. The standard InChI is InChI=1S/C18H19ClN2OS/c19-13-6-7-17-14(10-13)16(8-9-23-17)21-18(22)11-15(20)12-4-2-1-3-5-12/h1-7,10,15-16H,8-9,11,20H2,(H,21,22). The lowest BCUT2D eigenvalue weighted by molar-refractivity contribution is -0.122. The zero-order chi connectivity index (χ0) is 16.2. The van der Waals surface area contributed by atoms with Crippen molar-refractivity contribution < 1.29 is 4.79 Å². The third-order valence-electron chi connectivity index (χ3n) is 3.98. The summed E-state index contributed by atoms with van der Waals surface area (Å²) >= 11 is 7.91. The molecule has 1 aliphatic heterocycles. The van der Waals surface area contributed by atoms with E-state index in [2.05, 4.69) is 5.32 Å². The van der Waals surface area contributed by atoms with Gasteiger partial charge in [0.05, 0.1) is 6.04 Å². The Kier molecular flexibility index (Phi) is 5.26. The fraction of sp³-hybridized carbons (Fsp3) is 0.278. The van der Waals surface area contributed by atoms with Crippen LogP contribution in [-0.2, 0) is 4.79 Å². The van der Waals surface area contributed by atoms with Gasteiger partial charge in [-0.1, -0.05) is 41.9 Å². The first-order valence-corrected chi connectivity index (χ1v) is 9.02. The lowest BCUT2D eigenvalue weighted by Crippen LogP contribution is -2.32. The monoisotopic (exact) mass is 346 g/mol. The predicted molar refractivity (Wildman–Crippen MR) is 95.7 cm³/mol. The first-order valence-electron chi connectivity index (χ1n) is 7.65. The van der Waals surface area contributed by atoms with E-state index >= 15 is 0 Å². The molecule has 2 unspecified atom stereocenters. The van der Waals surface area contributed by atoms with Crippen molar-refractivity contribution in [3.8, 4) is 0 Å². The van der Waals surface area contributed by atoms with Crippen molar-refractivity contribution in [3.05, 3.63) is 64.7 Å². The summed E-state index contributed by atoms with van der Waals surface area (Å²) in [4.78, 5) is 13.6. The highest BCUT2D eigenvalue weighted by atomic mass is 35.5. The summed E-state index contributed by atoms with van der Waals surface area (Å²) in [6.45, 7) is 0. The van der Waals surface area contributed by atoms with Crippen LogP contribution in [0.5, 0.6) is 0 Å². The molecule has 3 nitrogen and oxygen atoms in total. The molecule has 120 valence electrons. The highest BCUT2D eigenvalue weighted by Gasteiger charge is 2.23. The van der Waals surface area contributed by atoms with E-state index in [0.717, 1.165) is 23.3 Å². The highest BCUT2D eigenvalue weighted by Crippen LogP contribution is 2.37. The second-order valence-electron chi connectivity index (χ2n) is 5.66. The Morgan fingerprint density at radius 3 is 2.87 bits per heavy atom. The van der Waals surface area contributed by atoms with Crippen LogP contribution in [0.1, 0.15) is 36.1 Å². The molecule has 5 heteroatoms. The first kappa shape index (κ1) is 16.4. The summed E-state index contributed by atoms with van der Waals surface area (Å²) in [7, 11) is 0. The van der Waals surface area contributed by atoms with Gasteiger partial charge in [-0.3, -0.25) is 4.79 Å². The van der Waals surface area contributed by atoms with Gasteiger partial charge in [-0.05, 0) is 35.7 Å². The van der Waals surface area contributed by atoms with Crippen LogP contribution in [0.2, 0.25) is 5.02 Å². The predicted octanol–water partition coefficient (Wildman–Crippen LogP) is 4.08. The summed E-state index contributed by atoms with van der Waals surface area (Å²) < 4.78 is 0. The van der Waals surface area contributed by atoms with E-state index in [-0.39, 0.29) is 24.4 Å².